The van der Waals surface area contributed by atoms with Crippen molar-refractivity contribution in [1.29, 1.82) is 0 Å². The first-order valence-electron chi connectivity index (χ1n) is 7.40. The van der Waals surface area contributed by atoms with Crippen LogP contribution in [0.3, 0.4) is 0 Å². The molecule has 0 aliphatic heterocycles. The molecule has 2 N–H and O–H groups in total. The van der Waals surface area contributed by atoms with Crippen molar-refractivity contribution < 1.29 is 0 Å². The molecule has 20 heavy (non-hydrogen) atoms. The van der Waals surface area contributed by atoms with E-state index >= 15 is 0 Å². The average molecular weight is 269 g/mol. The van der Waals surface area contributed by atoms with Crippen LogP contribution in [-0.2, 0) is 6.42 Å². The van der Waals surface area contributed by atoms with E-state index in [1.165, 1.54) is 29.5 Å². The second-order valence-corrected chi connectivity index (χ2v) is 6.54. The monoisotopic (exact) mass is 269 g/mol. The Hall–Kier alpha value is -1.61. The number of aryl methyl sites for hydroxylation is 1. The number of aromatic nitrogens is 2. The van der Waals surface area contributed by atoms with Gasteiger partial charge < -0.3 is 5.32 Å². The molecule has 0 amide bonds. The van der Waals surface area contributed by atoms with Crippen molar-refractivity contribution in [3.05, 3.63) is 53.3 Å². The largest absolute Gasteiger partial charge is 0.303 e. The Morgan fingerprint density at radius 1 is 1.35 bits per heavy atom. The third-order valence-corrected chi connectivity index (χ3v) is 4.62. The van der Waals surface area contributed by atoms with E-state index in [4.69, 9.17) is 0 Å². The third kappa shape index (κ3) is 2.38. The third-order valence-electron chi connectivity index (χ3n) is 4.62. The Kier molecular flexibility index (Phi) is 3.38. The molecular weight excluding hydrogens is 246 g/mol. The highest BCUT2D eigenvalue weighted by atomic mass is 15.1. The highest BCUT2D eigenvalue weighted by molar-refractivity contribution is 5.34. The first kappa shape index (κ1) is 13.4. The lowest BCUT2D eigenvalue weighted by atomic mass is 9.70. The summed E-state index contributed by atoms with van der Waals surface area (Å²) in [6.45, 7) is 6.93. The van der Waals surface area contributed by atoms with Gasteiger partial charge in [0.2, 0.25) is 0 Å². The van der Waals surface area contributed by atoms with E-state index in [2.05, 4.69) is 60.6 Å². The van der Waals surface area contributed by atoms with Crippen LogP contribution in [0.2, 0.25) is 0 Å². The minimum Gasteiger partial charge on any atom is -0.303 e. The number of rotatable bonds is 3. The van der Waals surface area contributed by atoms with Crippen molar-refractivity contribution in [2.45, 2.75) is 45.7 Å². The van der Waals surface area contributed by atoms with E-state index in [-0.39, 0.29) is 5.41 Å². The van der Waals surface area contributed by atoms with Gasteiger partial charge in [0, 0.05) is 23.8 Å². The molecule has 0 fully saturated rings. The molecule has 2 unspecified atom stereocenters. The summed E-state index contributed by atoms with van der Waals surface area (Å²) in [5.41, 5.74) is 4.43. The zero-order chi connectivity index (χ0) is 14.2. The van der Waals surface area contributed by atoms with Gasteiger partial charge in [-0.15, -0.1) is 0 Å². The average Bonchev–Trinajstić information content (AvgIpc) is 2.96. The highest BCUT2D eigenvalue weighted by Gasteiger charge is 2.36. The standard InChI is InChI=1S/C17H23N3/c1-12(14-10-18-19-11-14)20-16-15-7-5-4-6-13(15)8-9-17(16,2)3/h4-7,10-12,16,20H,8-9H2,1-3H3,(H,18,19). The Balaban J connectivity index is 1.90. The minimum absolute atomic E-state index is 0.270. The molecular formula is C17H23N3. The summed E-state index contributed by atoms with van der Waals surface area (Å²) in [6, 6.07) is 9.52. The Morgan fingerprint density at radius 3 is 2.90 bits per heavy atom. The number of fused-ring (bicyclic) bond motifs is 1. The molecule has 0 saturated heterocycles. The number of aromatic amines is 1. The van der Waals surface area contributed by atoms with E-state index in [9.17, 15) is 0 Å². The summed E-state index contributed by atoms with van der Waals surface area (Å²) < 4.78 is 0. The molecule has 3 heteroatoms. The van der Waals surface area contributed by atoms with Crippen LogP contribution in [0.25, 0.3) is 0 Å². The lowest BCUT2D eigenvalue weighted by Gasteiger charge is -2.42. The summed E-state index contributed by atoms with van der Waals surface area (Å²) >= 11 is 0. The molecule has 0 radical (unpaired) electrons. The van der Waals surface area contributed by atoms with Gasteiger partial charge in [-0.05, 0) is 36.3 Å². The van der Waals surface area contributed by atoms with E-state index in [0.717, 1.165) is 0 Å². The molecule has 106 valence electrons. The molecule has 0 spiro atoms. The second-order valence-electron chi connectivity index (χ2n) is 6.54. The number of nitrogens with zero attached hydrogens (tertiary/aromatic N) is 1. The fraction of sp³-hybridized carbons (Fsp3) is 0.471. The van der Waals surface area contributed by atoms with Gasteiger partial charge in [-0.1, -0.05) is 38.1 Å². The van der Waals surface area contributed by atoms with Crippen molar-refractivity contribution in [3.63, 3.8) is 0 Å². The normalized spacial score (nSPS) is 22.2. The van der Waals surface area contributed by atoms with Crippen LogP contribution in [0.5, 0.6) is 0 Å². The summed E-state index contributed by atoms with van der Waals surface area (Å²) in [6.07, 6.45) is 6.28. The lowest BCUT2D eigenvalue weighted by Crippen LogP contribution is -2.39. The number of benzene rings is 1. The topological polar surface area (TPSA) is 40.7 Å². The van der Waals surface area contributed by atoms with Gasteiger partial charge in [-0.2, -0.15) is 5.10 Å². The molecule has 1 aromatic carbocycles. The van der Waals surface area contributed by atoms with Crippen LogP contribution in [-0.4, -0.2) is 10.2 Å². The molecule has 0 bridgehead atoms. The molecule has 1 aliphatic carbocycles. The maximum atomic E-state index is 4.05. The first-order valence-corrected chi connectivity index (χ1v) is 7.40. The predicted molar refractivity (Wildman–Crippen MR) is 81.4 cm³/mol. The minimum atomic E-state index is 0.270. The second kappa shape index (κ2) is 5.06. The van der Waals surface area contributed by atoms with Crippen LogP contribution < -0.4 is 5.32 Å². The summed E-state index contributed by atoms with van der Waals surface area (Å²) in [4.78, 5) is 0. The van der Waals surface area contributed by atoms with Crippen LogP contribution in [0.15, 0.2) is 36.7 Å². The number of hydrogen-bond donors (Lipinski definition) is 2. The van der Waals surface area contributed by atoms with Crippen molar-refractivity contribution in [2.24, 2.45) is 5.41 Å². The summed E-state index contributed by atoms with van der Waals surface area (Å²) in [7, 11) is 0. The van der Waals surface area contributed by atoms with E-state index in [1.54, 1.807) is 0 Å². The summed E-state index contributed by atoms with van der Waals surface area (Å²) in [5.74, 6) is 0. The van der Waals surface area contributed by atoms with Gasteiger partial charge in [0.05, 0.1) is 6.20 Å². The zero-order valence-electron chi connectivity index (χ0n) is 12.5. The maximum Gasteiger partial charge on any atom is 0.0534 e. The molecule has 1 aliphatic rings. The van der Waals surface area contributed by atoms with Gasteiger partial charge in [0.15, 0.2) is 0 Å². The van der Waals surface area contributed by atoms with Crippen molar-refractivity contribution in [2.75, 3.05) is 0 Å². The predicted octanol–water partition coefficient (Wildman–Crippen LogP) is 3.77. The number of H-pyrrole nitrogens is 1. The van der Waals surface area contributed by atoms with E-state index in [0.29, 0.717) is 12.1 Å². The smallest absolute Gasteiger partial charge is 0.0534 e. The van der Waals surface area contributed by atoms with Crippen LogP contribution in [0, 0.1) is 5.41 Å². The molecule has 3 nitrogen and oxygen atoms in total. The molecule has 0 saturated carbocycles. The molecule has 2 atom stereocenters. The zero-order valence-corrected chi connectivity index (χ0v) is 12.5. The van der Waals surface area contributed by atoms with Crippen molar-refractivity contribution in [1.82, 2.24) is 15.5 Å². The maximum absolute atomic E-state index is 4.05. The fourth-order valence-corrected chi connectivity index (χ4v) is 3.22. The van der Waals surface area contributed by atoms with Crippen LogP contribution in [0.4, 0.5) is 0 Å². The van der Waals surface area contributed by atoms with E-state index < -0.39 is 0 Å². The molecule has 1 heterocycles. The number of hydrogen-bond acceptors (Lipinski definition) is 2. The van der Waals surface area contributed by atoms with Crippen molar-refractivity contribution in [3.8, 4) is 0 Å². The molecule has 3 rings (SSSR count). The van der Waals surface area contributed by atoms with Crippen LogP contribution in [0.1, 0.15) is 56.0 Å². The molecule has 1 aromatic heterocycles. The number of nitrogens with one attached hydrogen (secondary N) is 2. The highest BCUT2D eigenvalue weighted by Crippen LogP contribution is 2.44. The Morgan fingerprint density at radius 2 is 2.15 bits per heavy atom. The van der Waals surface area contributed by atoms with E-state index in [1.807, 2.05) is 12.4 Å². The quantitative estimate of drug-likeness (QED) is 0.890. The Bertz CT molecular complexity index is 572. The lowest BCUT2D eigenvalue weighted by molar-refractivity contribution is 0.196. The van der Waals surface area contributed by atoms with Crippen LogP contribution >= 0.6 is 0 Å². The van der Waals surface area contributed by atoms with Gasteiger partial charge >= 0.3 is 0 Å². The van der Waals surface area contributed by atoms with Crippen molar-refractivity contribution >= 4 is 0 Å². The van der Waals surface area contributed by atoms with Gasteiger partial charge in [0.1, 0.15) is 0 Å². The summed E-state index contributed by atoms with van der Waals surface area (Å²) in [5, 5.41) is 10.8. The first-order chi connectivity index (χ1) is 9.58. The van der Waals surface area contributed by atoms with Gasteiger partial charge in [0.25, 0.3) is 0 Å². The fourth-order valence-electron chi connectivity index (χ4n) is 3.22. The Labute approximate surface area is 120 Å². The van der Waals surface area contributed by atoms with Gasteiger partial charge in [-0.3, -0.25) is 5.10 Å². The SMILES string of the molecule is CC(NC1c2ccccc2CCC1(C)C)c1cn[nH]c1. The molecule has 2 aromatic rings. The van der Waals surface area contributed by atoms with Gasteiger partial charge in [-0.25, -0.2) is 0 Å².